The van der Waals surface area contributed by atoms with Crippen LogP contribution in [-0.4, -0.2) is 35.2 Å². The number of rotatable bonds is 5. The molecule has 0 fully saturated rings. The first-order chi connectivity index (χ1) is 12.8. The Balaban J connectivity index is 2.04. The van der Waals surface area contributed by atoms with Crippen LogP contribution in [0.2, 0.25) is 0 Å². The molecule has 0 aliphatic rings. The lowest BCUT2D eigenvalue weighted by Gasteiger charge is -2.05. The average molecular weight is 437 g/mol. The summed E-state index contributed by atoms with van der Waals surface area (Å²) in [5.41, 5.74) is 2.00. The number of hydrogen-bond donors (Lipinski definition) is 3. The normalized spacial score (nSPS) is 10.4. The van der Waals surface area contributed by atoms with Crippen LogP contribution in [0.3, 0.4) is 0 Å². The number of hydrazone groups is 1. The van der Waals surface area contributed by atoms with Gasteiger partial charge in [0.1, 0.15) is 0 Å². The Morgan fingerprint density at radius 3 is 2.52 bits per heavy atom. The van der Waals surface area contributed by atoms with Gasteiger partial charge in [-0.3, -0.25) is 19.7 Å². The topological polar surface area (TPSA) is 143 Å². The second-order valence-electron chi connectivity index (χ2n) is 5.01. The van der Waals surface area contributed by atoms with E-state index in [-0.39, 0.29) is 11.3 Å². The largest absolute Gasteiger partial charge is 0.500 e. The number of hydrogen-bond acceptors (Lipinski definition) is 7. The Morgan fingerprint density at radius 1 is 1.26 bits per heavy atom. The molecule has 0 radical (unpaired) electrons. The number of halogens is 1. The molecule has 2 aromatic rings. The first kappa shape index (κ1) is 19.8. The van der Waals surface area contributed by atoms with E-state index >= 15 is 0 Å². The standard InChI is InChI=1S/C16H13BrN4O6/c1-27-13-7-9(6-12(14(13)22)21(25)26)8-18-20-16(24)15(23)19-11-4-2-10(17)3-5-11/h2-8,22H,1H3,(H,19,23)(H,20,24). The van der Waals surface area contributed by atoms with E-state index in [4.69, 9.17) is 4.74 Å². The molecule has 0 aromatic heterocycles. The number of aromatic hydroxyl groups is 1. The third-order valence-electron chi connectivity index (χ3n) is 3.18. The number of phenols is 1. The zero-order valence-electron chi connectivity index (χ0n) is 13.8. The smallest absolute Gasteiger partial charge is 0.329 e. The Bertz CT molecular complexity index is 914. The third kappa shape index (κ3) is 5.25. The number of amides is 2. The van der Waals surface area contributed by atoms with Crippen molar-refractivity contribution < 1.29 is 24.4 Å². The molecule has 2 amide bonds. The Labute approximate surface area is 161 Å². The van der Waals surface area contributed by atoms with Gasteiger partial charge in [-0.05, 0) is 30.3 Å². The molecule has 0 saturated heterocycles. The molecule has 3 N–H and O–H groups in total. The summed E-state index contributed by atoms with van der Waals surface area (Å²) in [6.45, 7) is 0. The Hall–Kier alpha value is -3.47. The first-order valence-corrected chi connectivity index (χ1v) is 8.06. The molecule has 0 heterocycles. The fraction of sp³-hybridized carbons (Fsp3) is 0.0625. The zero-order valence-corrected chi connectivity index (χ0v) is 15.4. The van der Waals surface area contributed by atoms with Gasteiger partial charge in [0.05, 0.1) is 18.2 Å². The second kappa shape index (κ2) is 8.76. The van der Waals surface area contributed by atoms with E-state index in [0.717, 1.165) is 16.8 Å². The average Bonchev–Trinajstić information content (AvgIpc) is 2.64. The summed E-state index contributed by atoms with van der Waals surface area (Å²) in [6, 6.07) is 8.89. The third-order valence-corrected chi connectivity index (χ3v) is 3.71. The molecule has 0 atom stereocenters. The molecule has 11 heteroatoms. The van der Waals surface area contributed by atoms with Crippen molar-refractivity contribution in [1.82, 2.24) is 5.43 Å². The van der Waals surface area contributed by atoms with Gasteiger partial charge in [-0.15, -0.1) is 0 Å². The van der Waals surface area contributed by atoms with Crippen molar-refractivity contribution in [3.63, 3.8) is 0 Å². The lowest BCUT2D eigenvalue weighted by Crippen LogP contribution is -2.32. The summed E-state index contributed by atoms with van der Waals surface area (Å²) in [5, 5.41) is 26.6. The van der Waals surface area contributed by atoms with Crippen molar-refractivity contribution in [2.75, 3.05) is 12.4 Å². The summed E-state index contributed by atoms with van der Waals surface area (Å²) in [7, 11) is 1.23. The summed E-state index contributed by atoms with van der Waals surface area (Å²) in [6.07, 6.45) is 1.07. The predicted molar refractivity (Wildman–Crippen MR) is 99.8 cm³/mol. The number of ether oxygens (including phenoxy) is 1. The Kier molecular flexibility index (Phi) is 6.44. The zero-order chi connectivity index (χ0) is 20.0. The minimum atomic E-state index is -1.03. The van der Waals surface area contributed by atoms with Crippen LogP contribution in [0.25, 0.3) is 0 Å². The van der Waals surface area contributed by atoms with Crippen LogP contribution in [0.15, 0.2) is 46.0 Å². The highest BCUT2D eigenvalue weighted by molar-refractivity contribution is 9.10. The number of carbonyl (C=O) groups is 2. The summed E-state index contributed by atoms with van der Waals surface area (Å²) in [4.78, 5) is 33.7. The molecule has 0 unspecified atom stereocenters. The van der Waals surface area contributed by atoms with Crippen LogP contribution in [0, 0.1) is 10.1 Å². The Morgan fingerprint density at radius 2 is 1.93 bits per heavy atom. The minimum absolute atomic E-state index is 0.134. The van der Waals surface area contributed by atoms with Crippen LogP contribution in [-0.2, 0) is 9.59 Å². The maximum absolute atomic E-state index is 11.8. The molecule has 2 aromatic carbocycles. The number of carbonyl (C=O) groups excluding carboxylic acids is 2. The highest BCUT2D eigenvalue weighted by Gasteiger charge is 2.19. The molecular formula is C16H13BrN4O6. The maximum Gasteiger partial charge on any atom is 0.329 e. The predicted octanol–water partition coefficient (Wildman–Crippen LogP) is 2.16. The number of anilines is 1. The molecule has 0 aliphatic carbocycles. The van der Waals surface area contributed by atoms with Crippen molar-refractivity contribution >= 4 is 45.3 Å². The SMILES string of the molecule is COc1cc(C=NNC(=O)C(=O)Nc2ccc(Br)cc2)cc([N+](=O)[O-])c1O. The van der Waals surface area contributed by atoms with Gasteiger partial charge in [-0.2, -0.15) is 5.10 Å². The van der Waals surface area contributed by atoms with E-state index in [2.05, 4.69) is 26.3 Å². The van der Waals surface area contributed by atoms with Gasteiger partial charge in [-0.1, -0.05) is 15.9 Å². The van der Waals surface area contributed by atoms with Crippen molar-refractivity contribution in [3.05, 3.63) is 56.5 Å². The highest BCUT2D eigenvalue weighted by atomic mass is 79.9. The van der Waals surface area contributed by atoms with Gasteiger partial charge in [0.15, 0.2) is 5.75 Å². The van der Waals surface area contributed by atoms with Crippen LogP contribution in [0.5, 0.6) is 11.5 Å². The summed E-state index contributed by atoms with van der Waals surface area (Å²) < 4.78 is 5.66. The van der Waals surface area contributed by atoms with Gasteiger partial charge in [0.25, 0.3) is 0 Å². The van der Waals surface area contributed by atoms with Crippen molar-refractivity contribution in [1.29, 1.82) is 0 Å². The maximum atomic E-state index is 11.8. The second-order valence-corrected chi connectivity index (χ2v) is 5.92. The molecule has 0 spiro atoms. The molecule has 0 bridgehead atoms. The summed E-state index contributed by atoms with van der Waals surface area (Å²) in [5.74, 6) is -2.74. The monoisotopic (exact) mass is 436 g/mol. The number of benzene rings is 2. The molecule has 27 heavy (non-hydrogen) atoms. The van der Waals surface area contributed by atoms with E-state index in [1.54, 1.807) is 24.3 Å². The molecule has 0 saturated carbocycles. The quantitative estimate of drug-likeness (QED) is 0.283. The molecule has 140 valence electrons. The lowest BCUT2D eigenvalue weighted by atomic mass is 10.2. The fourth-order valence-corrected chi connectivity index (χ4v) is 2.18. The van der Waals surface area contributed by atoms with E-state index in [1.165, 1.54) is 13.2 Å². The van der Waals surface area contributed by atoms with Crippen molar-refractivity contribution in [2.24, 2.45) is 5.10 Å². The highest BCUT2D eigenvalue weighted by Crippen LogP contribution is 2.36. The van der Waals surface area contributed by atoms with Gasteiger partial charge >= 0.3 is 17.5 Å². The molecule has 2 rings (SSSR count). The number of phenolic OH excluding ortho intramolecular Hbond substituents is 1. The first-order valence-electron chi connectivity index (χ1n) is 7.27. The van der Waals surface area contributed by atoms with Crippen LogP contribution >= 0.6 is 15.9 Å². The number of nitrogens with zero attached hydrogens (tertiary/aromatic N) is 2. The van der Waals surface area contributed by atoms with Crippen LogP contribution < -0.4 is 15.5 Å². The minimum Gasteiger partial charge on any atom is -0.500 e. The molecular weight excluding hydrogens is 424 g/mol. The van der Waals surface area contributed by atoms with Crippen molar-refractivity contribution in [2.45, 2.75) is 0 Å². The van der Waals surface area contributed by atoms with Gasteiger partial charge < -0.3 is 15.2 Å². The lowest BCUT2D eigenvalue weighted by molar-refractivity contribution is -0.386. The number of nitro benzene ring substituents is 1. The van der Waals surface area contributed by atoms with E-state index < -0.39 is 28.2 Å². The molecule has 0 aliphatic heterocycles. The van der Waals surface area contributed by atoms with E-state index in [9.17, 15) is 24.8 Å². The van der Waals surface area contributed by atoms with Gasteiger partial charge in [0.2, 0.25) is 5.75 Å². The number of nitrogens with one attached hydrogen (secondary N) is 2. The van der Waals surface area contributed by atoms with Gasteiger partial charge in [-0.25, -0.2) is 5.43 Å². The van der Waals surface area contributed by atoms with Crippen LogP contribution in [0.1, 0.15) is 5.56 Å². The van der Waals surface area contributed by atoms with Crippen LogP contribution in [0.4, 0.5) is 11.4 Å². The van der Waals surface area contributed by atoms with E-state index in [0.29, 0.717) is 5.69 Å². The fourth-order valence-electron chi connectivity index (χ4n) is 1.92. The van der Waals surface area contributed by atoms with Crippen molar-refractivity contribution in [3.8, 4) is 11.5 Å². The number of nitro groups is 1. The number of methoxy groups -OCH3 is 1. The van der Waals surface area contributed by atoms with E-state index in [1.807, 2.05) is 5.43 Å². The summed E-state index contributed by atoms with van der Waals surface area (Å²) >= 11 is 3.25. The molecule has 10 nitrogen and oxygen atoms in total. The van der Waals surface area contributed by atoms with Gasteiger partial charge in [0, 0.05) is 21.8 Å².